The summed E-state index contributed by atoms with van der Waals surface area (Å²) in [5, 5.41) is 0.328. The normalized spacial score (nSPS) is 23.0. The van der Waals surface area contributed by atoms with Crippen LogP contribution in [-0.4, -0.2) is 65.7 Å². The second kappa shape index (κ2) is 8.54. The van der Waals surface area contributed by atoms with Gasteiger partial charge in [0, 0.05) is 13.1 Å². The molecule has 2 unspecified atom stereocenters. The number of ether oxygens (including phenoxy) is 2. The standard InChI is InChI=1S/C17H21BrClN3O4/c1-2-3-4-26-17(24)21-7-12-9-25-10-16(23)22(12)13(8-21)11-5-14(18)20-15(19)6-11/h5-6,12-13H,2-4,7-10H2,1H3. The Morgan fingerprint density at radius 3 is 3.00 bits per heavy atom. The molecule has 0 saturated carbocycles. The van der Waals surface area contributed by atoms with Crippen molar-refractivity contribution >= 4 is 39.5 Å². The van der Waals surface area contributed by atoms with E-state index in [9.17, 15) is 9.59 Å². The number of amides is 2. The van der Waals surface area contributed by atoms with E-state index in [1.165, 1.54) is 0 Å². The largest absolute Gasteiger partial charge is 0.449 e. The van der Waals surface area contributed by atoms with Crippen molar-refractivity contribution in [1.82, 2.24) is 14.8 Å². The summed E-state index contributed by atoms with van der Waals surface area (Å²) in [4.78, 5) is 32.5. The molecule has 0 spiro atoms. The van der Waals surface area contributed by atoms with Crippen LogP contribution in [0.1, 0.15) is 31.4 Å². The van der Waals surface area contributed by atoms with Crippen molar-refractivity contribution in [1.29, 1.82) is 0 Å². The van der Waals surface area contributed by atoms with Crippen LogP contribution in [0.4, 0.5) is 4.79 Å². The molecule has 2 aliphatic heterocycles. The molecule has 7 nitrogen and oxygen atoms in total. The number of carbonyl (C=O) groups excluding carboxylic acids is 2. The van der Waals surface area contributed by atoms with Gasteiger partial charge in [0.05, 0.1) is 25.3 Å². The molecule has 2 fully saturated rings. The average Bonchev–Trinajstić information content (AvgIpc) is 2.60. The summed E-state index contributed by atoms with van der Waals surface area (Å²) in [7, 11) is 0. The molecule has 3 rings (SSSR count). The quantitative estimate of drug-likeness (QED) is 0.525. The lowest BCUT2D eigenvalue weighted by Crippen LogP contribution is -2.62. The summed E-state index contributed by atoms with van der Waals surface area (Å²) in [5.74, 6) is -0.0886. The molecule has 0 aliphatic carbocycles. The molecule has 0 radical (unpaired) electrons. The van der Waals surface area contributed by atoms with E-state index in [1.54, 1.807) is 15.9 Å². The lowest BCUT2D eigenvalue weighted by molar-refractivity contribution is -0.158. The van der Waals surface area contributed by atoms with Gasteiger partial charge in [-0.05, 0) is 40.0 Å². The molecule has 2 aliphatic rings. The van der Waals surface area contributed by atoms with E-state index < -0.39 is 0 Å². The molecule has 2 saturated heterocycles. The Bertz CT molecular complexity index is 670. The Balaban J connectivity index is 1.85. The third kappa shape index (κ3) is 4.29. The lowest BCUT2D eigenvalue weighted by atomic mass is 9.99. The Morgan fingerprint density at radius 1 is 1.46 bits per heavy atom. The molecule has 1 aromatic rings. The summed E-state index contributed by atoms with van der Waals surface area (Å²) < 4.78 is 11.3. The zero-order valence-corrected chi connectivity index (χ0v) is 16.8. The fraction of sp³-hybridized carbons (Fsp3) is 0.588. The maximum atomic E-state index is 12.5. The Kier molecular flexibility index (Phi) is 6.37. The Hall–Kier alpha value is -1.38. The first-order valence-electron chi connectivity index (χ1n) is 8.63. The molecule has 0 N–H and O–H groups in total. The summed E-state index contributed by atoms with van der Waals surface area (Å²) in [6.07, 6.45) is 1.42. The Labute approximate surface area is 165 Å². The van der Waals surface area contributed by atoms with Crippen LogP contribution in [0.2, 0.25) is 5.15 Å². The number of hydrogen-bond donors (Lipinski definition) is 0. The minimum Gasteiger partial charge on any atom is -0.449 e. The van der Waals surface area contributed by atoms with Gasteiger partial charge in [-0.15, -0.1) is 0 Å². The molecule has 1 aromatic heterocycles. The zero-order valence-electron chi connectivity index (χ0n) is 14.5. The van der Waals surface area contributed by atoms with E-state index in [0.29, 0.717) is 36.1 Å². The van der Waals surface area contributed by atoms with Crippen molar-refractivity contribution < 1.29 is 19.1 Å². The van der Waals surface area contributed by atoms with Gasteiger partial charge in [-0.25, -0.2) is 9.78 Å². The molecule has 9 heteroatoms. The van der Waals surface area contributed by atoms with Crippen molar-refractivity contribution in [2.45, 2.75) is 31.8 Å². The minimum absolute atomic E-state index is 0.0495. The first-order chi connectivity index (χ1) is 12.5. The monoisotopic (exact) mass is 445 g/mol. The average molecular weight is 447 g/mol. The highest BCUT2D eigenvalue weighted by molar-refractivity contribution is 9.10. The van der Waals surface area contributed by atoms with Gasteiger partial charge >= 0.3 is 6.09 Å². The van der Waals surface area contributed by atoms with Crippen LogP contribution in [0.15, 0.2) is 16.7 Å². The van der Waals surface area contributed by atoms with E-state index in [2.05, 4.69) is 20.9 Å². The van der Waals surface area contributed by atoms with E-state index in [0.717, 1.165) is 18.4 Å². The number of nitrogens with zero attached hydrogens (tertiary/aromatic N) is 3. The number of fused-ring (bicyclic) bond motifs is 1. The number of hydrogen-bond acceptors (Lipinski definition) is 5. The van der Waals surface area contributed by atoms with Gasteiger partial charge in [0.1, 0.15) is 16.4 Å². The molecular formula is C17H21BrClN3O4. The molecular weight excluding hydrogens is 426 g/mol. The van der Waals surface area contributed by atoms with Crippen LogP contribution in [0, 0.1) is 0 Å². The van der Waals surface area contributed by atoms with Crippen molar-refractivity contribution in [2.75, 3.05) is 32.9 Å². The van der Waals surface area contributed by atoms with Crippen LogP contribution in [0.5, 0.6) is 0 Å². The van der Waals surface area contributed by atoms with Gasteiger partial charge < -0.3 is 19.3 Å². The summed E-state index contributed by atoms with van der Waals surface area (Å²) in [6.45, 7) is 3.62. The van der Waals surface area contributed by atoms with Crippen LogP contribution >= 0.6 is 27.5 Å². The highest BCUT2D eigenvalue weighted by Gasteiger charge is 2.42. The maximum absolute atomic E-state index is 12.5. The van der Waals surface area contributed by atoms with Crippen LogP contribution in [-0.2, 0) is 14.3 Å². The molecule has 3 heterocycles. The fourth-order valence-corrected chi connectivity index (χ4v) is 4.10. The summed E-state index contributed by atoms with van der Waals surface area (Å²) >= 11 is 9.43. The Morgan fingerprint density at radius 2 is 2.27 bits per heavy atom. The highest BCUT2D eigenvalue weighted by atomic mass is 79.9. The molecule has 0 bridgehead atoms. The molecule has 2 atom stereocenters. The number of rotatable bonds is 4. The van der Waals surface area contributed by atoms with Gasteiger partial charge in [0.2, 0.25) is 5.91 Å². The third-order valence-electron chi connectivity index (χ3n) is 4.53. The number of piperazine rings is 1. The third-order valence-corrected chi connectivity index (χ3v) is 5.13. The number of morpholine rings is 1. The van der Waals surface area contributed by atoms with E-state index in [1.807, 2.05) is 13.0 Å². The van der Waals surface area contributed by atoms with Crippen molar-refractivity contribution in [2.24, 2.45) is 0 Å². The molecule has 2 amide bonds. The number of carbonyl (C=O) groups is 2. The second-order valence-electron chi connectivity index (χ2n) is 6.40. The minimum atomic E-state index is -0.361. The maximum Gasteiger partial charge on any atom is 0.409 e. The van der Waals surface area contributed by atoms with Crippen molar-refractivity contribution in [3.8, 4) is 0 Å². The molecule has 26 heavy (non-hydrogen) atoms. The lowest BCUT2D eigenvalue weighted by Gasteiger charge is -2.48. The summed E-state index contributed by atoms with van der Waals surface area (Å²) in [5.41, 5.74) is 0.822. The molecule has 0 aromatic carbocycles. The van der Waals surface area contributed by atoms with Gasteiger partial charge in [-0.1, -0.05) is 24.9 Å². The van der Waals surface area contributed by atoms with Gasteiger partial charge in [0.15, 0.2) is 0 Å². The number of unbranched alkanes of at least 4 members (excludes halogenated alkanes) is 1. The van der Waals surface area contributed by atoms with Gasteiger partial charge in [-0.3, -0.25) is 4.79 Å². The molecule has 142 valence electrons. The SMILES string of the molecule is CCCCOC(=O)N1CC2COCC(=O)N2C(c2cc(Cl)nc(Br)c2)C1. The van der Waals surface area contributed by atoms with Crippen molar-refractivity contribution in [3.05, 3.63) is 27.5 Å². The highest BCUT2D eigenvalue weighted by Crippen LogP contribution is 2.33. The smallest absolute Gasteiger partial charge is 0.409 e. The van der Waals surface area contributed by atoms with Gasteiger partial charge in [-0.2, -0.15) is 0 Å². The number of halogens is 2. The van der Waals surface area contributed by atoms with E-state index in [4.69, 9.17) is 21.1 Å². The first-order valence-corrected chi connectivity index (χ1v) is 9.80. The van der Waals surface area contributed by atoms with Crippen LogP contribution < -0.4 is 0 Å². The first kappa shape index (κ1) is 19.4. The fourth-order valence-electron chi connectivity index (χ4n) is 3.32. The number of aromatic nitrogens is 1. The van der Waals surface area contributed by atoms with E-state index in [-0.39, 0.29) is 30.7 Å². The van der Waals surface area contributed by atoms with Crippen molar-refractivity contribution in [3.63, 3.8) is 0 Å². The van der Waals surface area contributed by atoms with Gasteiger partial charge in [0.25, 0.3) is 0 Å². The van der Waals surface area contributed by atoms with Crippen LogP contribution in [0.3, 0.4) is 0 Å². The van der Waals surface area contributed by atoms with E-state index >= 15 is 0 Å². The van der Waals surface area contributed by atoms with Crippen LogP contribution in [0.25, 0.3) is 0 Å². The zero-order chi connectivity index (χ0) is 18.7. The second-order valence-corrected chi connectivity index (χ2v) is 7.60. The number of pyridine rings is 1. The predicted octanol–water partition coefficient (Wildman–Crippen LogP) is 3.02. The predicted molar refractivity (Wildman–Crippen MR) is 99.0 cm³/mol. The summed E-state index contributed by atoms with van der Waals surface area (Å²) in [6, 6.07) is 3.02. The topological polar surface area (TPSA) is 72.0 Å².